The van der Waals surface area contributed by atoms with Gasteiger partial charge in [-0.1, -0.05) is 0 Å². The van der Waals surface area contributed by atoms with Crippen molar-refractivity contribution in [1.29, 1.82) is 0 Å². The van der Waals surface area contributed by atoms with Gasteiger partial charge >= 0.3 is 5.97 Å². The van der Waals surface area contributed by atoms with Crippen LogP contribution in [0.2, 0.25) is 0 Å². The van der Waals surface area contributed by atoms with E-state index in [9.17, 15) is 4.79 Å². The molecule has 0 aromatic heterocycles. The summed E-state index contributed by atoms with van der Waals surface area (Å²) in [5.41, 5.74) is 0. The van der Waals surface area contributed by atoms with Crippen molar-refractivity contribution in [3.63, 3.8) is 0 Å². The standard InChI is InChI=1S/C10H20N2O2/c1-7(2)12(3)9-4-8(10(13)14)5-11-6-9/h7-9,11H,4-6H2,1-3H3,(H,13,14)/t8-,9-/m1/s1. The Kier molecular flexibility index (Phi) is 3.89. The van der Waals surface area contributed by atoms with Gasteiger partial charge in [-0.25, -0.2) is 0 Å². The summed E-state index contributed by atoms with van der Waals surface area (Å²) >= 11 is 0. The van der Waals surface area contributed by atoms with Crippen LogP contribution in [0.5, 0.6) is 0 Å². The highest BCUT2D eigenvalue weighted by Crippen LogP contribution is 2.16. The number of carbonyl (C=O) groups is 1. The zero-order valence-electron chi connectivity index (χ0n) is 9.16. The van der Waals surface area contributed by atoms with Crippen molar-refractivity contribution < 1.29 is 9.90 Å². The molecule has 1 aliphatic heterocycles. The largest absolute Gasteiger partial charge is 0.481 e. The summed E-state index contributed by atoms with van der Waals surface area (Å²) in [4.78, 5) is 13.1. The Hall–Kier alpha value is -0.610. The molecule has 0 radical (unpaired) electrons. The Bertz CT molecular complexity index is 206. The summed E-state index contributed by atoms with van der Waals surface area (Å²) in [5, 5.41) is 12.1. The van der Waals surface area contributed by atoms with Crippen LogP contribution in [0.1, 0.15) is 20.3 Å². The number of nitrogens with zero attached hydrogens (tertiary/aromatic N) is 1. The maximum Gasteiger partial charge on any atom is 0.307 e. The van der Waals surface area contributed by atoms with Gasteiger partial charge in [0.1, 0.15) is 0 Å². The maximum atomic E-state index is 10.8. The molecule has 2 atom stereocenters. The Morgan fingerprint density at radius 2 is 2.14 bits per heavy atom. The number of hydrogen-bond donors (Lipinski definition) is 2. The third-order valence-electron chi connectivity index (χ3n) is 3.07. The maximum absolute atomic E-state index is 10.8. The van der Waals surface area contributed by atoms with Crippen molar-refractivity contribution >= 4 is 5.97 Å². The fourth-order valence-electron chi connectivity index (χ4n) is 1.84. The quantitative estimate of drug-likeness (QED) is 0.692. The highest BCUT2D eigenvalue weighted by atomic mass is 16.4. The Labute approximate surface area is 85.3 Å². The lowest BCUT2D eigenvalue weighted by atomic mass is 9.94. The summed E-state index contributed by atoms with van der Waals surface area (Å²) in [6, 6.07) is 0.819. The molecule has 4 nitrogen and oxygen atoms in total. The molecule has 1 fully saturated rings. The Morgan fingerprint density at radius 3 is 2.64 bits per heavy atom. The molecular weight excluding hydrogens is 180 g/mol. The summed E-state index contributed by atoms with van der Waals surface area (Å²) in [5.74, 6) is -0.908. The molecule has 1 aliphatic rings. The number of aliphatic carboxylic acids is 1. The van der Waals surface area contributed by atoms with Crippen LogP contribution >= 0.6 is 0 Å². The van der Waals surface area contributed by atoms with Crippen LogP contribution in [0.4, 0.5) is 0 Å². The van der Waals surface area contributed by atoms with Gasteiger partial charge in [0.25, 0.3) is 0 Å². The van der Waals surface area contributed by atoms with Crippen LogP contribution in [0.3, 0.4) is 0 Å². The van der Waals surface area contributed by atoms with Crippen molar-refractivity contribution in [3.05, 3.63) is 0 Å². The van der Waals surface area contributed by atoms with E-state index in [2.05, 4.69) is 31.1 Å². The molecule has 0 aliphatic carbocycles. The van der Waals surface area contributed by atoms with Crippen LogP contribution in [0, 0.1) is 5.92 Å². The molecule has 0 amide bonds. The minimum atomic E-state index is -0.681. The lowest BCUT2D eigenvalue weighted by Crippen LogP contribution is -2.51. The predicted molar refractivity (Wildman–Crippen MR) is 55.3 cm³/mol. The number of piperidine rings is 1. The monoisotopic (exact) mass is 200 g/mol. The minimum Gasteiger partial charge on any atom is -0.481 e. The first-order valence-corrected chi connectivity index (χ1v) is 5.17. The van der Waals surface area contributed by atoms with Gasteiger partial charge in [-0.2, -0.15) is 0 Å². The number of rotatable bonds is 3. The van der Waals surface area contributed by atoms with Gasteiger partial charge in [-0.05, 0) is 27.3 Å². The molecule has 1 rings (SSSR count). The molecule has 14 heavy (non-hydrogen) atoms. The summed E-state index contributed by atoms with van der Waals surface area (Å²) in [7, 11) is 2.06. The first kappa shape index (κ1) is 11.5. The molecule has 0 bridgehead atoms. The molecule has 0 saturated carbocycles. The second-order valence-electron chi connectivity index (χ2n) is 4.34. The van der Waals surface area contributed by atoms with Crippen LogP contribution in [0.25, 0.3) is 0 Å². The van der Waals surface area contributed by atoms with Crippen molar-refractivity contribution in [3.8, 4) is 0 Å². The molecule has 0 unspecified atom stereocenters. The van der Waals surface area contributed by atoms with Crippen molar-refractivity contribution in [2.75, 3.05) is 20.1 Å². The van der Waals surface area contributed by atoms with Crippen LogP contribution < -0.4 is 5.32 Å². The molecule has 4 heteroatoms. The van der Waals surface area contributed by atoms with Crippen LogP contribution in [0.15, 0.2) is 0 Å². The fourth-order valence-corrected chi connectivity index (χ4v) is 1.84. The number of nitrogens with one attached hydrogen (secondary N) is 1. The van der Waals surface area contributed by atoms with Crippen LogP contribution in [-0.4, -0.2) is 48.2 Å². The van der Waals surface area contributed by atoms with Gasteiger partial charge in [-0.15, -0.1) is 0 Å². The Balaban J connectivity index is 2.51. The molecule has 0 aromatic rings. The first-order chi connectivity index (χ1) is 6.52. The van der Waals surface area contributed by atoms with Gasteiger partial charge < -0.3 is 10.4 Å². The SMILES string of the molecule is CC(C)N(C)[C@H]1CNC[C@H](C(=O)O)C1. The molecule has 1 saturated heterocycles. The lowest BCUT2D eigenvalue weighted by Gasteiger charge is -2.36. The highest BCUT2D eigenvalue weighted by Gasteiger charge is 2.29. The van der Waals surface area contributed by atoms with E-state index in [1.807, 2.05) is 0 Å². The van der Waals surface area contributed by atoms with Crippen LogP contribution in [-0.2, 0) is 4.79 Å². The van der Waals surface area contributed by atoms with E-state index >= 15 is 0 Å². The zero-order chi connectivity index (χ0) is 10.7. The highest BCUT2D eigenvalue weighted by molar-refractivity contribution is 5.70. The third-order valence-corrected chi connectivity index (χ3v) is 3.07. The van der Waals surface area contributed by atoms with Crippen molar-refractivity contribution in [2.45, 2.75) is 32.4 Å². The number of carboxylic acids is 1. The van der Waals surface area contributed by atoms with Crippen molar-refractivity contribution in [1.82, 2.24) is 10.2 Å². The lowest BCUT2D eigenvalue weighted by molar-refractivity contribution is -0.143. The second-order valence-corrected chi connectivity index (χ2v) is 4.34. The molecule has 82 valence electrons. The van der Waals surface area contributed by atoms with E-state index in [-0.39, 0.29) is 5.92 Å². The molecule has 1 heterocycles. The molecule has 0 aromatic carbocycles. The van der Waals surface area contributed by atoms with Crippen molar-refractivity contribution in [2.24, 2.45) is 5.92 Å². The Morgan fingerprint density at radius 1 is 1.50 bits per heavy atom. The second kappa shape index (κ2) is 4.75. The normalized spacial score (nSPS) is 28.4. The van der Waals surface area contributed by atoms with E-state index in [0.29, 0.717) is 18.6 Å². The van der Waals surface area contributed by atoms with Gasteiger partial charge in [0.05, 0.1) is 5.92 Å². The average molecular weight is 200 g/mol. The summed E-state index contributed by atoms with van der Waals surface area (Å²) in [6.45, 7) is 5.77. The van der Waals surface area contributed by atoms with Gasteiger partial charge in [0.15, 0.2) is 0 Å². The van der Waals surface area contributed by atoms with Gasteiger partial charge in [0.2, 0.25) is 0 Å². The first-order valence-electron chi connectivity index (χ1n) is 5.17. The zero-order valence-corrected chi connectivity index (χ0v) is 9.16. The number of carboxylic acid groups (broad SMARTS) is 1. The average Bonchev–Trinajstić information content (AvgIpc) is 2.16. The summed E-state index contributed by atoms with van der Waals surface area (Å²) in [6.07, 6.45) is 0.761. The number of hydrogen-bond acceptors (Lipinski definition) is 3. The predicted octanol–water partition coefficient (Wildman–Crippen LogP) is 0.389. The van der Waals surface area contributed by atoms with E-state index in [0.717, 1.165) is 13.0 Å². The topological polar surface area (TPSA) is 52.6 Å². The molecule has 2 N–H and O–H groups in total. The minimum absolute atomic E-state index is 0.227. The number of likely N-dealkylation sites (N-methyl/N-ethyl adjacent to an activating group) is 1. The third kappa shape index (κ3) is 2.69. The van der Waals surface area contributed by atoms with Gasteiger partial charge in [-0.3, -0.25) is 9.69 Å². The fraction of sp³-hybridized carbons (Fsp3) is 0.900. The summed E-state index contributed by atoms with van der Waals surface area (Å²) < 4.78 is 0. The van der Waals surface area contributed by atoms with Gasteiger partial charge in [0, 0.05) is 25.2 Å². The smallest absolute Gasteiger partial charge is 0.307 e. The van der Waals surface area contributed by atoms with E-state index in [4.69, 9.17) is 5.11 Å². The van der Waals surface area contributed by atoms with E-state index in [1.54, 1.807) is 0 Å². The van der Waals surface area contributed by atoms with E-state index in [1.165, 1.54) is 0 Å². The molecular formula is C10H20N2O2. The van der Waals surface area contributed by atoms with E-state index < -0.39 is 5.97 Å². The molecule has 0 spiro atoms.